The van der Waals surface area contributed by atoms with E-state index in [9.17, 15) is 0 Å². The smallest absolute Gasteiger partial charge is 0.0476 e. The second-order valence-corrected chi connectivity index (χ2v) is 16.2. The third-order valence-electron chi connectivity index (χ3n) is 10.8. The third-order valence-corrected chi connectivity index (χ3v) is 13.2. The van der Waals surface area contributed by atoms with Crippen LogP contribution in [0.1, 0.15) is 0 Å². The minimum atomic E-state index is 1.11. The van der Waals surface area contributed by atoms with Crippen molar-refractivity contribution >= 4 is 90.9 Å². The second-order valence-electron chi connectivity index (χ2n) is 14.1. The monoisotopic (exact) mass is 735 g/mol. The van der Waals surface area contributed by atoms with Gasteiger partial charge in [0.15, 0.2) is 0 Å². The van der Waals surface area contributed by atoms with Gasteiger partial charge in [0.2, 0.25) is 0 Å². The van der Waals surface area contributed by atoms with Crippen molar-refractivity contribution in [2.45, 2.75) is 0 Å². The summed E-state index contributed by atoms with van der Waals surface area (Å²) in [5, 5.41) is 7.79. The Kier molecular flexibility index (Phi) is 7.61. The molecular formula is C52H33NS2. The fourth-order valence-corrected chi connectivity index (χ4v) is 10.6. The summed E-state index contributed by atoms with van der Waals surface area (Å²) >= 11 is 3.76. The Morgan fingerprint density at radius 1 is 0.291 bits per heavy atom. The molecule has 2 aromatic heterocycles. The molecule has 0 N–H and O–H groups in total. The van der Waals surface area contributed by atoms with Crippen LogP contribution in [0.4, 0.5) is 17.1 Å². The molecule has 1 nitrogen and oxygen atoms in total. The maximum atomic E-state index is 2.43. The molecule has 0 saturated carbocycles. The molecule has 0 unspecified atom stereocenters. The summed E-state index contributed by atoms with van der Waals surface area (Å²) < 4.78 is 5.24. The van der Waals surface area contributed by atoms with Crippen molar-refractivity contribution in [2.75, 3.05) is 4.90 Å². The van der Waals surface area contributed by atoms with Crippen molar-refractivity contribution in [1.29, 1.82) is 0 Å². The van der Waals surface area contributed by atoms with Crippen molar-refractivity contribution in [1.82, 2.24) is 0 Å². The van der Waals surface area contributed by atoms with Crippen molar-refractivity contribution in [3.8, 4) is 33.4 Å². The number of anilines is 3. The molecule has 2 heterocycles. The van der Waals surface area contributed by atoms with Gasteiger partial charge in [0.25, 0.3) is 0 Å². The van der Waals surface area contributed by atoms with Crippen molar-refractivity contribution in [3.05, 3.63) is 200 Å². The normalized spacial score (nSPS) is 11.6. The van der Waals surface area contributed by atoms with Gasteiger partial charge in [0, 0.05) is 63.0 Å². The molecule has 0 aliphatic carbocycles. The van der Waals surface area contributed by atoms with E-state index in [4.69, 9.17) is 0 Å². The number of hydrogen-bond acceptors (Lipinski definition) is 3. The van der Waals surface area contributed by atoms with E-state index in [1.165, 1.54) is 84.5 Å². The highest BCUT2D eigenvalue weighted by atomic mass is 32.1. The largest absolute Gasteiger partial charge is 0.310 e. The van der Waals surface area contributed by atoms with Crippen LogP contribution in [-0.2, 0) is 0 Å². The summed E-state index contributed by atoms with van der Waals surface area (Å²) in [6, 6.07) is 73.5. The highest BCUT2D eigenvalue weighted by Gasteiger charge is 2.20. The van der Waals surface area contributed by atoms with E-state index in [0.717, 1.165) is 17.1 Å². The molecule has 0 bridgehead atoms. The molecule has 11 aromatic rings. The summed E-state index contributed by atoms with van der Waals surface area (Å²) in [5.41, 5.74) is 10.7. The van der Waals surface area contributed by atoms with Crippen LogP contribution in [-0.4, -0.2) is 0 Å². The first-order chi connectivity index (χ1) is 27.2. The SMILES string of the molecule is c1ccc(-c2cccc(N(c3ccc(-c4cccc5c4sc4cc6ccccc6cc45)c(-c4ccccc4)c3)c3ccc4c(c3)sc3ccccc34)c2)cc1. The fraction of sp³-hybridized carbons (Fsp3) is 0. The first kappa shape index (κ1) is 32.0. The summed E-state index contributed by atoms with van der Waals surface area (Å²) in [5.74, 6) is 0. The number of hydrogen-bond donors (Lipinski definition) is 0. The van der Waals surface area contributed by atoms with Crippen LogP contribution in [0.2, 0.25) is 0 Å². The number of fused-ring (bicyclic) bond motifs is 7. The van der Waals surface area contributed by atoms with Crippen LogP contribution in [0.3, 0.4) is 0 Å². The topological polar surface area (TPSA) is 3.24 Å². The molecule has 9 aromatic carbocycles. The van der Waals surface area contributed by atoms with E-state index < -0.39 is 0 Å². The predicted molar refractivity (Wildman–Crippen MR) is 241 cm³/mol. The molecule has 11 rings (SSSR count). The first-order valence-electron chi connectivity index (χ1n) is 18.7. The van der Waals surface area contributed by atoms with Gasteiger partial charge >= 0.3 is 0 Å². The van der Waals surface area contributed by atoms with E-state index >= 15 is 0 Å². The van der Waals surface area contributed by atoms with Gasteiger partial charge in [-0.15, -0.1) is 22.7 Å². The van der Waals surface area contributed by atoms with Crippen molar-refractivity contribution in [3.63, 3.8) is 0 Å². The van der Waals surface area contributed by atoms with Gasteiger partial charge in [-0.05, 0) is 93.2 Å². The highest BCUT2D eigenvalue weighted by Crippen LogP contribution is 2.47. The Bertz CT molecular complexity index is 3210. The van der Waals surface area contributed by atoms with E-state index in [2.05, 4.69) is 205 Å². The van der Waals surface area contributed by atoms with Crippen LogP contribution < -0.4 is 4.90 Å². The van der Waals surface area contributed by atoms with E-state index in [1.54, 1.807) is 0 Å². The molecule has 0 fully saturated rings. The zero-order valence-corrected chi connectivity index (χ0v) is 31.4. The Morgan fingerprint density at radius 3 is 1.76 bits per heavy atom. The van der Waals surface area contributed by atoms with Gasteiger partial charge in [-0.2, -0.15) is 0 Å². The molecule has 55 heavy (non-hydrogen) atoms. The number of rotatable bonds is 6. The van der Waals surface area contributed by atoms with Crippen LogP contribution in [0.5, 0.6) is 0 Å². The molecule has 3 heteroatoms. The fourth-order valence-electron chi connectivity index (χ4n) is 8.21. The molecule has 258 valence electrons. The van der Waals surface area contributed by atoms with Crippen molar-refractivity contribution in [2.24, 2.45) is 0 Å². The zero-order chi connectivity index (χ0) is 36.3. The van der Waals surface area contributed by atoms with Crippen LogP contribution >= 0.6 is 22.7 Å². The van der Waals surface area contributed by atoms with Crippen LogP contribution in [0, 0.1) is 0 Å². The first-order valence-corrected chi connectivity index (χ1v) is 20.3. The van der Waals surface area contributed by atoms with Gasteiger partial charge in [-0.25, -0.2) is 0 Å². The van der Waals surface area contributed by atoms with Gasteiger partial charge < -0.3 is 4.90 Å². The average Bonchev–Trinajstić information content (AvgIpc) is 3.81. The third kappa shape index (κ3) is 5.51. The maximum Gasteiger partial charge on any atom is 0.0476 e. The van der Waals surface area contributed by atoms with Gasteiger partial charge in [0.1, 0.15) is 0 Å². The van der Waals surface area contributed by atoms with Gasteiger partial charge in [-0.1, -0.05) is 146 Å². The Balaban J connectivity index is 1.13. The Hall–Kier alpha value is -6.52. The number of nitrogens with zero attached hydrogens (tertiary/aromatic N) is 1. The van der Waals surface area contributed by atoms with E-state index in [1.807, 2.05) is 22.7 Å². The lowest BCUT2D eigenvalue weighted by Crippen LogP contribution is -2.10. The molecular weight excluding hydrogens is 703 g/mol. The molecule has 0 amide bonds. The van der Waals surface area contributed by atoms with Crippen molar-refractivity contribution < 1.29 is 0 Å². The molecule has 0 aliphatic rings. The van der Waals surface area contributed by atoms with Crippen LogP contribution in [0.25, 0.3) is 84.5 Å². The molecule has 0 radical (unpaired) electrons. The number of benzene rings is 9. The number of thiophene rings is 2. The lowest BCUT2D eigenvalue weighted by molar-refractivity contribution is 1.29. The maximum absolute atomic E-state index is 2.43. The molecule has 0 atom stereocenters. The van der Waals surface area contributed by atoms with E-state index in [-0.39, 0.29) is 0 Å². The summed E-state index contributed by atoms with van der Waals surface area (Å²) in [7, 11) is 0. The Morgan fingerprint density at radius 2 is 0.909 bits per heavy atom. The second kappa shape index (κ2) is 13.1. The minimum Gasteiger partial charge on any atom is -0.310 e. The summed E-state index contributed by atoms with van der Waals surface area (Å²) in [4.78, 5) is 2.43. The van der Waals surface area contributed by atoms with Crippen LogP contribution in [0.15, 0.2) is 200 Å². The minimum absolute atomic E-state index is 1.11. The standard InChI is InChI=1S/C52H33NS2/c1-3-13-34(14-4-1)36-19-11-20-39(29-36)53(41-26-28-44-43-21-9-10-24-49(43)54-51(44)33-41)40-25-27-42(47(32-40)35-15-5-2-6-16-35)45-22-12-23-46-48-30-37-17-7-8-18-38(37)31-50(48)55-52(45)46/h1-33H. The average molecular weight is 736 g/mol. The predicted octanol–water partition coefficient (Wildman–Crippen LogP) is 16.0. The quantitative estimate of drug-likeness (QED) is 0.164. The van der Waals surface area contributed by atoms with E-state index in [0.29, 0.717) is 0 Å². The summed E-state index contributed by atoms with van der Waals surface area (Å²) in [6.07, 6.45) is 0. The lowest BCUT2D eigenvalue weighted by atomic mass is 9.92. The molecule has 0 spiro atoms. The zero-order valence-electron chi connectivity index (χ0n) is 29.8. The highest BCUT2D eigenvalue weighted by molar-refractivity contribution is 7.26. The lowest BCUT2D eigenvalue weighted by Gasteiger charge is -2.27. The Labute approximate surface area is 327 Å². The molecule has 0 aliphatic heterocycles. The molecule has 0 saturated heterocycles. The summed E-state index contributed by atoms with van der Waals surface area (Å²) in [6.45, 7) is 0. The van der Waals surface area contributed by atoms with Gasteiger partial charge in [-0.3, -0.25) is 0 Å². The van der Waals surface area contributed by atoms with Gasteiger partial charge in [0.05, 0.1) is 0 Å².